The molecular weight excluding hydrogens is 140 g/mol. The van der Waals surface area contributed by atoms with Gasteiger partial charge in [0.05, 0.1) is 18.7 Å². The first kappa shape index (κ1) is 8.51. The van der Waals surface area contributed by atoms with Gasteiger partial charge in [-0.05, 0) is 6.42 Å². The van der Waals surface area contributed by atoms with Crippen LogP contribution in [0.25, 0.3) is 0 Å². The molecule has 0 radical (unpaired) electrons. The van der Waals surface area contributed by atoms with Crippen LogP contribution in [-0.2, 0) is 0 Å². The second-order valence-electron chi connectivity index (χ2n) is 3.66. The van der Waals surface area contributed by atoms with Crippen LogP contribution in [0.1, 0.15) is 20.3 Å². The van der Waals surface area contributed by atoms with E-state index in [1.165, 1.54) is 0 Å². The molecule has 1 saturated carbocycles. The summed E-state index contributed by atoms with van der Waals surface area (Å²) in [5, 5.41) is 20.7. The van der Waals surface area contributed by atoms with Crippen LogP contribution < -0.4 is 5.32 Å². The second-order valence-corrected chi connectivity index (χ2v) is 3.66. The van der Waals surface area contributed by atoms with Crippen LogP contribution in [0, 0.1) is 16.7 Å². The van der Waals surface area contributed by atoms with Gasteiger partial charge in [0.2, 0.25) is 0 Å². The molecule has 1 rings (SSSR count). The van der Waals surface area contributed by atoms with Crippen molar-refractivity contribution >= 4 is 0 Å². The molecule has 0 amide bonds. The predicted molar refractivity (Wildman–Crippen MR) is 41.8 cm³/mol. The summed E-state index contributed by atoms with van der Waals surface area (Å²) in [5.74, 6) is 0. The first-order valence-corrected chi connectivity index (χ1v) is 3.87. The number of nitriles is 1. The van der Waals surface area contributed by atoms with Gasteiger partial charge in [-0.1, -0.05) is 13.8 Å². The minimum Gasteiger partial charge on any atom is -0.392 e. The average molecular weight is 154 g/mol. The molecule has 3 nitrogen and oxygen atoms in total. The van der Waals surface area contributed by atoms with Crippen molar-refractivity contribution < 1.29 is 5.11 Å². The van der Waals surface area contributed by atoms with Gasteiger partial charge >= 0.3 is 0 Å². The Morgan fingerprint density at radius 3 is 2.73 bits per heavy atom. The monoisotopic (exact) mass is 154 g/mol. The van der Waals surface area contributed by atoms with Gasteiger partial charge in [0, 0.05) is 11.5 Å². The van der Waals surface area contributed by atoms with Crippen molar-refractivity contribution in [2.45, 2.75) is 32.4 Å². The van der Waals surface area contributed by atoms with Crippen molar-refractivity contribution in [3.8, 4) is 6.07 Å². The molecule has 1 aliphatic rings. The highest BCUT2D eigenvalue weighted by molar-refractivity contribution is 5.02. The molecule has 2 atom stereocenters. The van der Waals surface area contributed by atoms with Crippen molar-refractivity contribution in [2.75, 3.05) is 6.54 Å². The van der Waals surface area contributed by atoms with Gasteiger partial charge in [-0.25, -0.2) is 0 Å². The van der Waals surface area contributed by atoms with Crippen LogP contribution in [-0.4, -0.2) is 23.8 Å². The van der Waals surface area contributed by atoms with Gasteiger partial charge in [0.25, 0.3) is 0 Å². The number of rotatable bonds is 2. The van der Waals surface area contributed by atoms with E-state index in [1.807, 2.05) is 19.9 Å². The van der Waals surface area contributed by atoms with Gasteiger partial charge in [0.15, 0.2) is 0 Å². The summed E-state index contributed by atoms with van der Waals surface area (Å²) in [4.78, 5) is 0. The second kappa shape index (κ2) is 2.80. The molecule has 0 aliphatic heterocycles. The Hall–Kier alpha value is -0.590. The standard InChI is InChI=1S/C8H14N2O/c1-8(2)6(5-7(8)11)10-4-3-9/h6-7,10-11H,4-5H2,1-2H3. The van der Waals surface area contributed by atoms with E-state index in [9.17, 15) is 5.11 Å². The normalized spacial score (nSPS) is 34.0. The van der Waals surface area contributed by atoms with Crippen molar-refractivity contribution in [1.82, 2.24) is 5.32 Å². The quantitative estimate of drug-likeness (QED) is 0.561. The lowest BCUT2D eigenvalue weighted by molar-refractivity contribution is -0.0710. The lowest BCUT2D eigenvalue weighted by Gasteiger charge is -2.49. The molecule has 1 fully saturated rings. The molecule has 11 heavy (non-hydrogen) atoms. The maximum atomic E-state index is 9.32. The molecule has 3 heteroatoms. The highest BCUT2D eigenvalue weighted by Gasteiger charge is 2.46. The first-order valence-electron chi connectivity index (χ1n) is 3.87. The molecule has 0 aromatic carbocycles. The number of nitrogens with one attached hydrogen (secondary N) is 1. The van der Waals surface area contributed by atoms with Crippen LogP contribution in [0.5, 0.6) is 0 Å². The third-order valence-corrected chi connectivity index (χ3v) is 2.64. The lowest BCUT2D eigenvalue weighted by atomic mass is 9.64. The van der Waals surface area contributed by atoms with E-state index in [0.29, 0.717) is 12.6 Å². The van der Waals surface area contributed by atoms with E-state index in [0.717, 1.165) is 6.42 Å². The Labute approximate surface area is 67.0 Å². The van der Waals surface area contributed by atoms with E-state index in [4.69, 9.17) is 5.26 Å². The number of nitrogens with zero attached hydrogens (tertiary/aromatic N) is 1. The molecule has 0 spiro atoms. The van der Waals surface area contributed by atoms with Crippen molar-refractivity contribution in [3.05, 3.63) is 0 Å². The van der Waals surface area contributed by atoms with Crippen LogP contribution in [0.4, 0.5) is 0 Å². The minimum absolute atomic E-state index is 0.0587. The van der Waals surface area contributed by atoms with Gasteiger partial charge in [-0.2, -0.15) is 5.26 Å². The molecule has 0 bridgehead atoms. The number of aliphatic hydroxyl groups excluding tert-OH is 1. The van der Waals surface area contributed by atoms with Gasteiger partial charge in [0.1, 0.15) is 0 Å². The van der Waals surface area contributed by atoms with Crippen molar-refractivity contribution in [1.29, 1.82) is 5.26 Å². The summed E-state index contributed by atoms with van der Waals surface area (Å²) < 4.78 is 0. The fourth-order valence-corrected chi connectivity index (χ4v) is 1.42. The largest absolute Gasteiger partial charge is 0.392 e. The molecule has 0 aromatic heterocycles. The molecule has 0 aromatic rings. The van der Waals surface area contributed by atoms with Crippen LogP contribution >= 0.6 is 0 Å². The number of hydrogen-bond donors (Lipinski definition) is 2. The molecule has 2 N–H and O–H groups in total. The van der Waals surface area contributed by atoms with Gasteiger partial charge in [-0.3, -0.25) is 0 Å². The summed E-state index contributed by atoms with van der Waals surface area (Å²) in [6.07, 6.45) is 0.563. The first-order chi connectivity index (χ1) is 5.09. The summed E-state index contributed by atoms with van der Waals surface area (Å²) in [6, 6.07) is 2.33. The third kappa shape index (κ3) is 1.37. The fraction of sp³-hybridized carbons (Fsp3) is 0.875. The van der Waals surface area contributed by atoms with E-state index >= 15 is 0 Å². The summed E-state index contributed by atoms with van der Waals surface area (Å²) in [7, 11) is 0. The zero-order valence-corrected chi connectivity index (χ0v) is 6.96. The highest BCUT2D eigenvalue weighted by atomic mass is 16.3. The van der Waals surface area contributed by atoms with E-state index in [1.54, 1.807) is 0 Å². The molecule has 2 unspecified atom stereocenters. The lowest BCUT2D eigenvalue weighted by Crippen LogP contribution is -2.59. The molecule has 1 aliphatic carbocycles. The highest BCUT2D eigenvalue weighted by Crippen LogP contribution is 2.40. The molecule has 0 heterocycles. The van der Waals surface area contributed by atoms with Crippen LogP contribution in [0.15, 0.2) is 0 Å². The maximum absolute atomic E-state index is 9.32. The topological polar surface area (TPSA) is 56.0 Å². The Kier molecular flexibility index (Phi) is 2.17. The molecular formula is C8H14N2O. The Bertz CT molecular complexity index is 183. The number of aliphatic hydroxyl groups is 1. The van der Waals surface area contributed by atoms with Gasteiger partial charge < -0.3 is 10.4 Å². The Balaban J connectivity index is 2.35. The van der Waals surface area contributed by atoms with E-state index in [2.05, 4.69) is 5.32 Å². The van der Waals surface area contributed by atoms with Crippen molar-refractivity contribution in [2.24, 2.45) is 5.41 Å². The zero-order valence-electron chi connectivity index (χ0n) is 6.96. The zero-order chi connectivity index (χ0) is 8.48. The Morgan fingerprint density at radius 2 is 2.36 bits per heavy atom. The van der Waals surface area contributed by atoms with Crippen molar-refractivity contribution in [3.63, 3.8) is 0 Å². The fourth-order valence-electron chi connectivity index (χ4n) is 1.42. The number of hydrogen-bond acceptors (Lipinski definition) is 3. The third-order valence-electron chi connectivity index (χ3n) is 2.64. The summed E-state index contributed by atoms with van der Waals surface area (Å²) >= 11 is 0. The van der Waals surface area contributed by atoms with Crippen LogP contribution in [0.2, 0.25) is 0 Å². The molecule has 0 saturated heterocycles. The summed E-state index contributed by atoms with van der Waals surface area (Å²) in [5.41, 5.74) is -0.0587. The summed E-state index contributed by atoms with van der Waals surface area (Å²) in [6.45, 7) is 4.40. The Morgan fingerprint density at radius 1 is 1.73 bits per heavy atom. The van der Waals surface area contributed by atoms with Gasteiger partial charge in [-0.15, -0.1) is 0 Å². The smallest absolute Gasteiger partial charge is 0.0843 e. The maximum Gasteiger partial charge on any atom is 0.0843 e. The van der Waals surface area contributed by atoms with E-state index < -0.39 is 0 Å². The van der Waals surface area contributed by atoms with Crippen LogP contribution in [0.3, 0.4) is 0 Å². The minimum atomic E-state index is -0.210. The van der Waals surface area contributed by atoms with E-state index in [-0.39, 0.29) is 11.5 Å². The SMILES string of the molecule is CC1(C)C(O)CC1NCC#N. The predicted octanol–water partition coefficient (Wildman–Crippen LogP) is 0.259. The average Bonchev–Trinajstić information content (AvgIpc) is 1.97. The molecule has 62 valence electrons.